The molecule has 0 saturated carbocycles. The van der Waals surface area contributed by atoms with E-state index in [1.807, 2.05) is 6.20 Å². The second-order valence-electron chi connectivity index (χ2n) is 7.18. The first kappa shape index (κ1) is 16.3. The van der Waals surface area contributed by atoms with E-state index in [0.29, 0.717) is 0 Å². The zero-order valence-electron chi connectivity index (χ0n) is 15.1. The molecule has 1 N–H and O–H groups in total. The molecule has 4 nitrogen and oxygen atoms in total. The number of benzene rings is 1. The van der Waals surface area contributed by atoms with Crippen molar-refractivity contribution in [3.63, 3.8) is 0 Å². The first-order valence-corrected chi connectivity index (χ1v) is 9.37. The van der Waals surface area contributed by atoms with E-state index >= 15 is 0 Å². The minimum atomic E-state index is 0.175. The summed E-state index contributed by atoms with van der Waals surface area (Å²) in [6, 6.07) is 8.80. The van der Waals surface area contributed by atoms with Gasteiger partial charge in [0.1, 0.15) is 0 Å². The molecular weight excluding hydrogens is 308 g/mol. The number of nitrogens with zero attached hydrogens (tertiary/aromatic N) is 3. The van der Waals surface area contributed by atoms with Crippen LogP contribution in [0.4, 0.5) is 0 Å². The summed E-state index contributed by atoms with van der Waals surface area (Å²) in [5.41, 5.74) is 5.02. The van der Waals surface area contributed by atoms with Crippen molar-refractivity contribution in [1.29, 1.82) is 0 Å². The Labute approximate surface area is 149 Å². The molecule has 3 heterocycles. The molecule has 0 aliphatic carbocycles. The summed E-state index contributed by atoms with van der Waals surface area (Å²) in [5.74, 6) is 0.756. The van der Waals surface area contributed by atoms with Crippen LogP contribution in [0.25, 0.3) is 10.9 Å². The van der Waals surface area contributed by atoms with Crippen molar-refractivity contribution in [2.75, 3.05) is 13.1 Å². The third kappa shape index (κ3) is 3.07. The topological polar surface area (TPSA) is 44.8 Å². The van der Waals surface area contributed by atoms with Gasteiger partial charge in [0, 0.05) is 35.5 Å². The number of hydrogen-bond acceptors (Lipinski definition) is 3. The zero-order chi connectivity index (χ0) is 17.2. The maximum absolute atomic E-state index is 4.64. The highest BCUT2D eigenvalue weighted by molar-refractivity contribution is 5.85. The van der Waals surface area contributed by atoms with E-state index in [-0.39, 0.29) is 6.04 Å². The van der Waals surface area contributed by atoms with Crippen molar-refractivity contribution < 1.29 is 0 Å². The van der Waals surface area contributed by atoms with Crippen molar-refractivity contribution in [2.24, 2.45) is 5.92 Å². The lowest BCUT2D eigenvalue weighted by Crippen LogP contribution is -2.37. The highest BCUT2D eigenvalue weighted by Crippen LogP contribution is 2.37. The summed E-state index contributed by atoms with van der Waals surface area (Å²) in [4.78, 5) is 15.2. The van der Waals surface area contributed by atoms with Gasteiger partial charge in [-0.1, -0.05) is 38.5 Å². The minimum absolute atomic E-state index is 0.175. The smallest absolute Gasteiger partial charge is 0.0946 e. The standard InChI is InChI=1S/C21H26N4/c1-3-15(2)8-12-25-13-9-17-16-6-4-5-7-18(16)24-20(17)21(25)19-14-22-10-11-23-19/h4-7,10-11,14-15,21,24H,3,8-9,12-13H2,1-2H3. The van der Waals surface area contributed by atoms with E-state index < -0.39 is 0 Å². The van der Waals surface area contributed by atoms with Crippen LogP contribution >= 0.6 is 0 Å². The Hall–Kier alpha value is -2.20. The molecule has 0 amide bonds. The molecule has 1 aromatic carbocycles. The molecule has 0 radical (unpaired) electrons. The number of nitrogens with one attached hydrogen (secondary N) is 1. The number of fused-ring (bicyclic) bond motifs is 3. The van der Waals surface area contributed by atoms with Crippen LogP contribution in [0.1, 0.15) is 49.7 Å². The fourth-order valence-electron chi connectivity index (χ4n) is 3.91. The molecule has 25 heavy (non-hydrogen) atoms. The van der Waals surface area contributed by atoms with Gasteiger partial charge in [0.15, 0.2) is 0 Å². The predicted octanol–water partition coefficient (Wildman–Crippen LogP) is 4.34. The molecule has 2 aromatic heterocycles. The SMILES string of the molecule is CCC(C)CCN1CCc2c([nH]c3ccccc23)C1c1cnccn1. The number of hydrogen-bond donors (Lipinski definition) is 1. The van der Waals surface area contributed by atoms with E-state index in [0.717, 1.165) is 31.1 Å². The van der Waals surface area contributed by atoms with Gasteiger partial charge in [-0.2, -0.15) is 0 Å². The molecule has 0 bridgehead atoms. The Morgan fingerprint density at radius 2 is 2.16 bits per heavy atom. The Morgan fingerprint density at radius 1 is 1.28 bits per heavy atom. The third-order valence-corrected chi connectivity index (χ3v) is 5.60. The number of para-hydroxylation sites is 1. The molecule has 1 aliphatic rings. The lowest BCUT2D eigenvalue weighted by atomic mass is 9.94. The second kappa shape index (κ2) is 6.96. The summed E-state index contributed by atoms with van der Waals surface area (Å²) in [6.45, 7) is 6.80. The summed E-state index contributed by atoms with van der Waals surface area (Å²) < 4.78 is 0. The normalized spacial score (nSPS) is 19.0. The maximum atomic E-state index is 4.64. The van der Waals surface area contributed by atoms with Crippen LogP contribution in [0, 0.1) is 5.92 Å². The van der Waals surface area contributed by atoms with Crippen LogP contribution in [-0.2, 0) is 6.42 Å². The highest BCUT2D eigenvalue weighted by Gasteiger charge is 2.32. The van der Waals surface area contributed by atoms with Gasteiger partial charge >= 0.3 is 0 Å². The Kier molecular flexibility index (Phi) is 4.53. The van der Waals surface area contributed by atoms with Gasteiger partial charge in [0.2, 0.25) is 0 Å². The lowest BCUT2D eigenvalue weighted by Gasteiger charge is -2.35. The van der Waals surface area contributed by atoms with Gasteiger partial charge < -0.3 is 4.98 Å². The van der Waals surface area contributed by atoms with E-state index in [1.54, 1.807) is 12.4 Å². The predicted molar refractivity (Wildman–Crippen MR) is 102 cm³/mol. The first-order valence-electron chi connectivity index (χ1n) is 9.37. The van der Waals surface area contributed by atoms with Crippen LogP contribution in [0.3, 0.4) is 0 Å². The molecular formula is C21H26N4. The third-order valence-electron chi connectivity index (χ3n) is 5.60. The zero-order valence-corrected chi connectivity index (χ0v) is 15.1. The van der Waals surface area contributed by atoms with Crippen molar-refractivity contribution in [1.82, 2.24) is 19.9 Å². The maximum Gasteiger partial charge on any atom is 0.0946 e. The molecule has 4 rings (SSSR count). The number of aromatic nitrogens is 3. The van der Waals surface area contributed by atoms with Gasteiger partial charge in [-0.05, 0) is 36.9 Å². The Balaban J connectivity index is 1.75. The monoisotopic (exact) mass is 334 g/mol. The van der Waals surface area contributed by atoms with Crippen LogP contribution in [0.15, 0.2) is 42.9 Å². The molecule has 1 aliphatic heterocycles. The van der Waals surface area contributed by atoms with Crippen LogP contribution in [-0.4, -0.2) is 32.9 Å². The molecule has 130 valence electrons. The molecule has 3 aromatic rings. The Bertz CT molecular complexity index is 839. The van der Waals surface area contributed by atoms with E-state index in [4.69, 9.17) is 0 Å². The molecule has 0 saturated heterocycles. The molecule has 0 fully saturated rings. The number of H-pyrrole nitrogens is 1. The largest absolute Gasteiger partial charge is 0.357 e. The van der Waals surface area contributed by atoms with Gasteiger partial charge in [-0.15, -0.1) is 0 Å². The van der Waals surface area contributed by atoms with E-state index in [2.05, 4.69) is 58.0 Å². The van der Waals surface area contributed by atoms with Crippen molar-refractivity contribution in [3.05, 3.63) is 59.8 Å². The van der Waals surface area contributed by atoms with Gasteiger partial charge in [0.25, 0.3) is 0 Å². The average Bonchev–Trinajstić information content (AvgIpc) is 3.04. The Morgan fingerprint density at radius 3 is 2.96 bits per heavy atom. The van der Waals surface area contributed by atoms with Crippen LogP contribution in [0.5, 0.6) is 0 Å². The summed E-state index contributed by atoms with van der Waals surface area (Å²) in [6.07, 6.45) is 9.03. The first-order chi connectivity index (χ1) is 12.3. The minimum Gasteiger partial charge on any atom is -0.357 e. The van der Waals surface area contributed by atoms with Crippen LogP contribution < -0.4 is 0 Å². The van der Waals surface area contributed by atoms with Gasteiger partial charge in [0.05, 0.1) is 17.9 Å². The van der Waals surface area contributed by atoms with Gasteiger partial charge in [-0.3, -0.25) is 14.9 Å². The van der Waals surface area contributed by atoms with Crippen molar-refractivity contribution in [3.8, 4) is 0 Å². The molecule has 2 unspecified atom stereocenters. The molecule has 2 atom stereocenters. The van der Waals surface area contributed by atoms with E-state index in [9.17, 15) is 0 Å². The number of rotatable bonds is 5. The summed E-state index contributed by atoms with van der Waals surface area (Å²) in [7, 11) is 0. The quantitative estimate of drug-likeness (QED) is 0.755. The second-order valence-corrected chi connectivity index (χ2v) is 7.18. The average molecular weight is 334 g/mol. The molecule has 0 spiro atoms. The van der Waals surface area contributed by atoms with E-state index in [1.165, 1.54) is 35.0 Å². The molecule has 4 heteroatoms. The van der Waals surface area contributed by atoms with Gasteiger partial charge in [-0.25, -0.2) is 0 Å². The van der Waals surface area contributed by atoms with Crippen molar-refractivity contribution >= 4 is 10.9 Å². The number of aromatic amines is 1. The summed E-state index contributed by atoms with van der Waals surface area (Å²) >= 11 is 0. The fourth-order valence-corrected chi connectivity index (χ4v) is 3.91. The van der Waals surface area contributed by atoms with Crippen molar-refractivity contribution in [2.45, 2.75) is 39.2 Å². The summed E-state index contributed by atoms with van der Waals surface area (Å²) in [5, 5.41) is 1.35. The lowest BCUT2D eigenvalue weighted by molar-refractivity contribution is 0.193. The van der Waals surface area contributed by atoms with Crippen LogP contribution in [0.2, 0.25) is 0 Å². The highest BCUT2D eigenvalue weighted by atomic mass is 15.2. The fraction of sp³-hybridized carbons (Fsp3) is 0.429.